The monoisotopic (exact) mass is 386 g/mol. The van der Waals surface area contributed by atoms with Gasteiger partial charge < -0.3 is 24.8 Å². The second-order valence-corrected chi connectivity index (χ2v) is 5.72. The van der Waals surface area contributed by atoms with E-state index in [1.165, 1.54) is 21.3 Å². The molecule has 0 spiro atoms. The molecule has 0 unspecified atom stereocenters. The van der Waals surface area contributed by atoms with E-state index >= 15 is 0 Å². The third-order valence-electron chi connectivity index (χ3n) is 3.85. The van der Waals surface area contributed by atoms with Gasteiger partial charge in [-0.05, 0) is 30.3 Å². The summed E-state index contributed by atoms with van der Waals surface area (Å²) in [5, 5.41) is 5.10. The van der Waals surface area contributed by atoms with Crippen LogP contribution in [0.3, 0.4) is 0 Å². The first kappa shape index (κ1) is 20.8. The molecule has 0 atom stereocenters. The molecular weight excluding hydrogens is 364 g/mol. The zero-order chi connectivity index (χ0) is 20.5. The minimum absolute atomic E-state index is 0.0404. The third kappa shape index (κ3) is 5.73. The average Bonchev–Trinajstić information content (AvgIpc) is 2.72. The number of hydrogen-bond donors (Lipinski definition) is 2. The fourth-order valence-electron chi connectivity index (χ4n) is 2.40. The van der Waals surface area contributed by atoms with Crippen molar-refractivity contribution >= 4 is 23.5 Å². The summed E-state index contributed by atoms with van der Waals surface area (Å²) >= 11 is 0. The first-order valence-corrected chi connectivity index (χ1v) is 8.45. The van der Waals surface area contributed by atoms with Gasteiger partial charge in [-0.1, -0.05) is 6.07 Å². The molecule has 2 aromatic rings. The summed E-state index contributed by atoms with van der Waals surface area (Å²) in [5.41, 5.74) is 1.59. The van der Waals surface area contributed by atoms with E-state index in [-0.39, 0.29) is 12.3 Å². The Hall–Kier alpha value is -3.55. The van der Waals surface area contributed by atoms with Gasteiger partial charge in [0.25, 0.3) is 11.8 Å². The van der Waals surface area contributed by atoms with Gasteiger partial charge in [-0.3, -0.25) is 14.4 Å². The Morgan fingerprint density at radius 1 is 0.964 bits per heavy atom. The van der Waals surface area contributed by atoms with E-state index in [4.69, 9.17) is 14.2 Å². The summed E-state index contributed by atoms with van der Waals surface area (Å²) in [6.45, 7) is -0.422. The van der Waals surface area contributed by atoms with E-state index in [1.807, 2.05) is 0 Å². The van der Waals surface area contributed by atoms with Crippen LogP contribution in [0.15, 0.2) is 42.5 Å². The van der Waals surface area contributed by atoms with E-state index < -0.39 is 18.5 Å². The molecule has 8 heteroatoms. The molecular formula is C20H22N2O6. The number of esters is 1. The number of carbonyl (C=O) groups excluding carboxylic acids is 3. The van der Waals surface area contributed by atoms with Crippen LogP contribution >= 0.6 is 0 Å². The second kappa shape index (κ2) is 9.96. The minimum Gasteiger partial charge on any atom is -0.497 e. The molecule has 0 aliphatic rings. The van der Waals surface area contributed by atoms with Gasteiger partial charge in [-0.15, -0.1) is 0 Å². The van der Waals surface area contributed by atoms with Crippen molar-refractivity contribution in [2.24, 2.45) is 0 Å². The normalized spacial score (nSPS) is 9.96. The number of nitrogens with one attached hydrogen (secondary N) is 2. The molecule has 0 aliphatic heterocycles. The lowest BCUT2D eigenvalue weighted by atomic mass is 10.1. The Labute approximate surface area is 162 Å². The number of methoxy groups -OCH3 is 2. The van der Waals surface area contributed by atoms with Gasteiger partial charge in [-0.25, -0.2) is 0 Å². The smallest absolute Gasteiger partial charge is 0.310 e. The summed E-state index contributed by atoms with van der Waals surface area (Å²) in [5.74, 6) is -0.162. The van der Waals surface area contributed by atoms with Crippen molar-refractivity contribution in [1.82, 2.24) is 5.32 Å². The van der Waals surface area contributed by atoms with E-state index in [0.29, 0.717) is 28.3 Å². The predicted molar refractivity (Wildman–Crippen MR) is 103 cm³/mol. The fourth-order valence-corrected chi connectivity index (χ4v) is 2.40. The van der Waals surface area contributed by atoms with E-state index in [9.17, 15) is 14.4 Å². The van der Waals surface area contributed by atoms with Crippen molar-refractivity contribution in [2.75, 3.05) is 33.2 Å². The van der Waals surface area contributed by atoms with Crippen LogP contribution in [0.1, 0.15) is 15.9 Å². The summed E-state index contributed by atoms with van der Waals surface area (Å²) < 4.78 is 15.4. The van der Waals surface area contributed by atoms with Gasteiger partial charge >= 0.3 is 5.97 Å². The van der Waals surface area contributed by atoms with Crippen LogP contribution < -0.4 is 20.1 Å². The van der Waals surface area contributed by atoms with Crippen molar-refractivity contribution < 1.29 is 28.6 Å². The maximum atomic E-state index is 12.0. The lowest BCUT2D eigenvalue weighted by Gasteiger charge is -2.10. The van der Waals surface area contributed by atoms with Crippen LogP contribution in [-0.4, -0.2) is 45.7 Å². The number of rotatable bonds is 8. The van der Waals surface area contributed by atoms with Gasteiger partial charge in [0.05, 0.1) is 20.6 Å². The first-order valence-electron chi connectivity index (χ1n) is 8.45. The molecule has 2 rings (SSSR count). The zero-order valence-corrected chi connectivity index (χ0v) is 15.9. The van der Waals surface area contributed by atoms with E-state index in [0.717, 1.165) is 0 Å². The molecule has 2 aromatic carbocycles. The Morgan fingerprint density at radius 3 is 2.29 bits per heavy atom. The van der Waals surface area contributed by atoms with Gasteiger partial charge in [-0.2, -0.15) is 0 Å². The first-order chi connectivity index (χ1) is 13.5. The fraction of sp³-hybridized carbons (Fsp3) is 0.250. The van der Waals surface area contributed by atoms with Crippen molar-refractivity contribution in [2.45, 2.75) is 6.42 Å². The number of carbonyl (C=O) groups is 3. The maximum Gasteiger partial charge on any atom is 0.310 e. The van der Waals surface area contributed by atoms with Gasteiger partial charge in [0.15, 0.2) is 6.61 Å². The van der Waals surface area contributed by atoms with Crippen LogP contribution in [0.2, 0.25) is 0 Å². The molecule has 0 radical (unpaired) electrons. The lowest BCUT2D eigenvalue weighted by Crippen LogP contribution is -2.22. The van der Waals surface area contributed by atoms with E-state index in [2.05, 4.69) is 10.6 Å². The number of benzene rings is 2. The quantitative estimate of drug-likeness (QED) is 0.671. The molecule has 0 aliphatic carbocycles. The molecule has 0 heterocycles. The average molecular weight is 386 g/mol. The number of ether oxygens (including phenoxy) is 3. The highest BCUT2D eigenvalue weighted by Gasteiger charge is 2.13. The summed E-state index contributed by atoms with van der Waals surface area (Å²) in [7, 11) is 4.56. The Morgan fingerprint density at radius 2 is 1.68 bits per heavy atom. The van der Waals surface area contributed by atoms with Crippen LogP contribution in [0.4, 0.5) is 5.69 Å². The topological polar surface area (TPSA) is 103 Å². The van der Waals surface area contributed by atoms with Gasteiger partial charge in [0.2, 0.25) is 0 Å². The van der Waals surface area contributed by atoms with Crippen molar-refractivity contribution in [3.63, 3.8) is 0 Å². The zero-order valence-electron chi connectivity index (χ0n) is 15.9. The molecule has 28 heavy (non-hydrogen) atoms. The highest BCUT2D eigenvalue weighted by atomic mass is 16.5. The van der Waals surface area contributed by atoms with Crippen molar-refractivity contribution in [3.05, 3.63) is 53.6 Å². The number of hydrogen-bond acceptors (Lipinski definition) is 6. The van der Waals surface area contributed by atoms with E-state index in [1.54, 1.807) is 42.5 Å². The SMILES string of the molecule is CNC(=O)c1ccc(NC(=O)COC(=O)Cc2ccc(OC)cc2OC)cc1. The molecule has 8 nitrogen and oxygen atoms in total. The standard InChI is InChI=1S/C20H22N2O6/c1-21-20(25)13-4-7-15(8-5-13)22-18(23)12-28-19(24)10-14-6-9-16(26-2)11-17(14)27-3/h4-9,11H,10,12H2,1-3H3,(H,21,25)(H,22,23). The number of amides is 2. The number of anilines is 1. The largest absolute Gasteiger partial charge is 0.497 e. The van der Waals surface area contributed by atoms with Crippen LogP contribution in [-0.2, 0) is 20.7 Å². The molecule has 0 fully saturated rings. The Bertz CT molecular complexity index is 848. The molecule has 0 bridgehead atoms. The van der Waals surface area contributed by atoms with Gasteiger partial charge in [0, 0.05) is 29.9 Å². The molecule has 0 saturated carbocycles. The molecule has 2 N–H and O–H groups in total. The third-order valence-corrected chi connectivity index (χ3v) is 3.85. The Kier molecular flexibility index (Phi) is 7.38. The van der Waals surface area contributed by atoms with Crippen molar-refractivity contribution in [3.8, 4) is 11.5 Å². The van der Waals surface area contributed by atoms with Crippen LogP contribution in [0, 0.1) is 0 Å². The molecule has 2 amide bonds. The second-order valence-electron chi connectivity index (χ2n) is 5.72. The molecule has 0 aromatic heterocycles. The predicted octanol–water partition coefficient (Wildman–Crippen LogP) is 1.79. The molecule has 148 valence electrons. The summed E-state index contributed by atoms with van der Waals surface area (Å²) in [6.07, 6.45) is -0.0404. The van der Waals surface area contributed by atoms with Crippen LogP contribution in [0.5, 0.6) is 11.5 Å². The Balaban J connectivity index is 1.85. The lowest BCUT2D eigenvalue weighted by molar-refractivity contribution is -0.146. The summed E-state index contributed by atoms with van der Waals surface area (Å²) in [4.78, 5) is 35.4. The molecule has 0 saturated heterocycles. The minimum atomic E-state index is -0.561. The maximum absolute atomic E-state index is 12.0. The summed E-state index contributed by atoms with van der Waals surface area (Å²) in [6, 6.07) is 11.4. The highest BCUT2D eigenvalue weighted by molar-refractivity contribution is 5.96. The van der Waals surface area contributed by atoms with Gasteiger partial charge in [0.1, 0.15) is 11.5 Å². The highest BCUT2D eigenvalue weighted by Crippen LogP contribution is 2.25. The van der Waals surface area contributed by atoms with Crippen LogP contribution in [0.25, 0.3) is 0 Å². The van der Waals surface area contributed by atoms with Crippen molar-refractivity contribution in [1.29, 1.82) is 0 Å².